The summed E-state index contributed by atoms with van der Waals surface area (Å²) in [6, 6.07) is 11.1. The van der Waals surface area contributed by atoms with Gasteiger partial charge in [0.25, 0.3) is 0 Å². The lowest BCUT2D eigenvalue weighted by molar-refractivity contribution is -0.126. The van der Waals surface area contributed by atoms with Crippen LogP contribution in [0.3, 0.4) is 0 Å². The van der Waals surface area contributed by atoms with Crippen LogP contribution in [0.15, 0.2) is 47.6 Å². The Morgan fingerprint density at radius 1 is 1.20 bits per heavy atom. The molecular formula is C17H16ClN3O4. The third kappa shape index (κ3) is 5.82. The van der Waals surface area contributed by atoms with Gasteiger partial charge in [0.2, 0.25) is 11.8 Å². The fourth-order valence-electron chi connectivity index (χ4n) is 1.87. The van der Waals surface area contributed by atoms with E-state index in [0.29, 0.717) is 22.0 Å². The lowest BCUT2D eigenvalue weighted by Crippen LogP contribution is -2.24. The summed E-state index contributed by atoms with van der Waals surface area (Å²) >= 11 is 5.80. The molecule has 0 aliphatic heterocycles. The predicted molar refractivity (Wildman–Crippen MR) is 95.1 cm³/mol. The zero-order chi connectivity index (χ0) is 18.2. The topological polar surface area (TPSA) is 100 Å². The minimum absolute atomic E-state index is 0.0281. The van der Waals surface area contributed by atoms with Gasteiger partial charge in [-0.25, -0.2) is 5.43 Å². The Morgan fingerprint density at radius 3 is 2.60 bits per heavy atom. The van der Waals surface area contributed by atoms with Crippen LogP contribution in [-0.4, -0.2) is 30.2 Å². The highest BCUT2D eigenvalue weighted by Gasteiger charge is 2.09. The molecule has 0 saturated heterocycles. The summed E-state index contributed by atoms with van der Waals surface area (Å²) in [6.07, 6.45) is 0.839. The van der Waals surface area contributed by atoms with Crippen LogP contribution in [0.5, 0.6) is 11.5 Å². The average molecular weight is 362 g/mol. The number of methoxy groups -OCH3 is 1. The fourth-order valence-corrected chi connectivity index (χ4v) is 2.05. The minimum Gasteiger partial charge on any atom is -0.507 e. The number of carbonyl (C=O) groups excluding carboxylic acids is 2. The Bertz CT molecular complexity index is 791. The van der Waals surface area contributed by atoms with Crippen molar-refractivity contribution in [3.63, 3.8) is 0 Å². The number of phenols is 1. The Hall–Kier alpha value is -3.06. The van der Waals surface area contributed by atoms with Crippen molar-refractivity contribution in [3.8, 4) is 11.5 Å². The standard InChI is InChI=1S/C17H16ClN3O4/c1-25-14-5-3-13(4-6-14)20-16(23)9-17(24)21-19-10-11-8-12(18)2-7-15(11)22/h2-8,10,22H,9H2,1H3,(H,20,23)(H,21,24). The summed E-state index contributed by atoms with van der Waals surface area (Å²) < 4.78 is 5.02. The number of rotatable bonds is 6. The number of nitrogens with one attached hydrogen (secondary N) is 2. The van der Waals surface area contributed by atoms with Crippen molar-refractivity contribution in [3.05, 3.63) is 53.1 Å². The van der Waals surface area contributed by atoms with Crippen molar-refractivity contribution in [1.29, 1.82) is 0 Å². The Kier molecular flexibility index (Phi) is 6.36. The van der Waals surface area contributed by atoms with E-state index in [1.54, 1.807) is 31.4 Å². The number of amides is 2. The van der Waals surface area contributed by atoms with Gasteiger partial charge in [0, 0.05) is 16.3 Å². The maximum absolute atomic E-state index is 11.8. The van der Waals surface area contributed by atoms with E-state index in [0.717, 1.165) is 0 Å². The summed E-state index contributed by atoms with van der Waals surface area (Å²) in [5, 5.41) is 16.3. The second-order valence-corrected chi connectivity index (χ2v) is 5.39. The number of hydrazone groups is 1. The number of aromatic hydroxyl groups is 1. The molecule has 0 bridgehead atoms. The van der Waals surface area contributed by atoms with E-state index in [-0.39, 0.29) is 5.75 Å². The molecule has 0 radical (unpaired) electrons. The van der Waals surface area contributed by atoms with Crippen molar-refractivity contribution in [2.24, 2.45) is 5.10 Å². The molecule has 130 valence electrons. The first-order valence-corrected chi connectivity index (χ1v) is 7.60. The van der Waals surface area contributed by atoms with Crippen molar-refractivity contribution in [2.75, 3.05) is 12.4 Å². The van der Waals surface area contributed by atoms with E-state index >= 15 is 0 Å². The van der Waals surface area contributed by atoms with Gasteiger partial charge in [-0.1, -0.05) is 11.6 Å². The van der Waals surface area contributed by atoms with E-state index in [2.05, 4.69) is 15.8 Å². The zero-order valence-electron chi connectivity index (χ0n) is 13.3. The molecule has 2 aromatic carbocycles. The Labute approximate surface area is 149 Å². The first-order valence-electron chi connectivity index (χ1n) is 7.22. The summed E-state index contributed by atoms with van der Waals surface area (Å²) in [6.45, 7) is 0. The number of anilines is 1. The quantitative estimate of drug-likeness (QED) is 0.418. The number of ether oxygens (including phenoxy) is 1. The second-order valence-electron chi connectivity index (χ2n) is 4.95. The van der Waals surface area contributed by atoms with E-state index in [9.17, 15) is 14.7 Å². The van der Waals surface area contributed by atoms with Crippen LogP contribution >= 0.6 is 11.6 Å². The average Bonchev–Trinajstić information content (AvgIpc) is 2.58. The van der Waals surface area contributed by atoms with Gasteiger partial charge in [-0.3, -0.25) is 9.59 Å². The van der Waals surface area contributed by atoms with E-state index in [1.165, 1.54) is 24.4 Å². The zero-order valence-corrected chi connectivity index (χ0v) is 14.1. The van der Waals surface area contributed by atoms with Gasteiger partial charge in [0.05, 0.1) is 13.3 Å². The smallest absolute Gasteiger partial charge is 0.249 e. The largest absolute Gasteiger partial charge is 0.507 e. The van der Waals surface area contributed by atoms with Crippen molar-refractivity contribution >= 4 is 35.3 Å². The van der Waals surface area contributed by atoms with Crippen molar-refractivity contribution in [1.82, 2.24) is 5.43 Å². The molecule has 0 fully saturated rings. The lowest BCUT2D eigenvalue weighted by Gasteiger charge is -2.05. The van der Waals surface area contributed by atoms with Crippen LogP contribution in [0.2, 0.25) is 5.02 Å². The number of benzene rings is 2. The first kappa shape index (κ1) is 18.3. The maximum Gasteiger partial charge on any atom is 0.249 e. The van der Waals surface area contributed by atoms with Crippen LogP contribution < -0.4 is 15.5 Å². The molecule has 25 heavy (non-hydrogen) atoms. The van der Waals surface area contributed by atoms with Crippen LogP contribution in [0, 0.1) is 0 Å². The van der Waals surface area contributed by atoms with Crippen LogP contribution in [0.4, 0.5) is 5.69 Å². The molecule has 0 heterocycles. The molecule has 7 nitrogen and oxygen atoms in total. The molecule has 2 rings (SSSR count). The maximum atomic E-state index is 11.8. The van der Waals surface area contributed by atoms with Gasteiger partial charge in [0.15, 0.2) is 0 Å². The van der Waals surface area contributed by atoms with Crippen LogP contribution in [0.1, 0.15) is 12.0 Å². The SMILES string of the molecule is COc1ccc(NC(=O)CC(=O)NN=Cc2cc(Cl)ccc2O)cc1. The molecular weight excluding hydrogens is 346 g/mol. The molecule has 8 heteroatoms. The van der Waals surface area contributed by atoms with Gasteiger partial charge < -0.3 is 15.2 Å². The predicted octanol–water partition coefficient (Wildman–Crippen LogP) is 2.53. The van der Waals surface area contributed by atoms with Crippen molar-refractivity contribution < 1.29 is 19.4 Å². The third-order valence-electron chi connectivity index (χ3n) is 3.08. The molecule has 0 unspecified atom stereocenters. The van der Waals surface area contributed by atoms with Gasteiger partial charge >= 0.3 is 0 Å². The molecule has 0 saturated carbocycles. The minimum atomic E-state index is -0.594. The summed E-state index contributed by atoms with van der Waals surface area (Å²) in [7, 11) is 1.54. The molecule has 3 N–H and O–H groups in total. The Balaban J connectivity index is 1.83. The highest BCUT2D eigenvalue weighted by Crippen LogP contribution is 2.19. The van der Waals surface area contributed by atoms with Crippen molar-refractivity contribution in [2.45, 2.75) is 6.42 Å². The van der Waals surface area contributed by atoms with E-state index in [1.807, 2.05) is 0 Å². The number of phenolic OH excluding ortho intramolecular Hbond substituents is 1. The van der Waals surface area contributed by atoms with Gasteiger partial charge in [0.1, 0.15) is 17.9 Å². The summed E-state index contributed by atoms with van der Waals surface area (Å²) in [5.41, 5.74) is 3.10. The number of halogens is 1. The molecule has 0 spiro atoms. The fraction of sp³-hybridized carbons (Fsp3) is 0.118. The van der Waals surface area contributed by atoms with Gasteiger partial charge in [-0.15, -0.1) is 0 Å². The molecule has 2 amide bonds. The second kappa shape index (κ2) is 8.70. The Morgan fingerprint density at radius 2 is 1.92 bits per heavy atom. The molecule has 0 aliphatic carbocycles. The van der Waals surface area contributed by atoms with E-state index < -0.39 is 18.2 Å². The highest BCUT2D eigenvalue weighted by molar-refractivity contribution is 6.30. The third-order valence-corrected chi connectivity index (χ3v) is 3.31. The van der Waals surface area contributed by atoms with Crippen LogP contribution in [-0.2, 0) is 9.59 Å². The number of hydrogen-bond donors (Lipinski definition) is 3. The van der Waals surface area contributed by atoms with Crippen LogP contribution in [0.25, 0.3) is 0 Å². The summed E-state index contributed by atoms with van der Waals surface area (Å²) in [5.74, 6) is -0.443. The number of hydrogen-bond acceptors (Lipinski definition) is 5. The first-order chi connectivity index (χ1) is 12.0. The lowest BCUT2D eigenvalue weighted by atomic mass is 10.2. The molecule has 2 aromatic rings. The highest BCUT2D eigenvalue weighted by atomic mass is 35.5. The van der Waals surface area contributed by atoms with Gasteiger partial charge in [-0.05, 0) is 42.5 Å². The molecule has 0 atom stereocenters. The van der Waals surface area contributed by atoms with Gasteiger partial charge in [-0.2, -0.15) is 5.10 Å². The van der Waals surface area contributed by atoms with E-state index in [4.69, 9.17) is 16.3 Å². The molecule has 0 aliphatic rings. The summed E-state index contributed by atoms with van der Waals surface area (Å²) in [4.78, 5) is 23.5. The number of carbonyl (C=O) groups is 2. The molecule has 0 aromatic heterocycles. The monoisotopic (exact) mass is 361 g/mol. The normalized spacial score (nSPS) is 10.5. The number of nitrogens with zero attached hydrogens (tertiary/aromatic N) is 1.